The Bertz CT molecular complexity index is 604. The molecule has 124 valence electrons. The molecular formula is C15H16Br3N3OS. The van der Waals surface area contributed by atoms with Gasteiger partial charge >= 0.3 is 0 Å². The van der Waals surface area contributed by atoms with E-state index in [1.165, 1.54) is 11.8 Å². The largest absolute Gasteiger partial charge is 0.318 e. The fourth-order valence-electron chi connectivity index (χ4n) is 3.25. The smallest absolute Gasteiger partial charge is 0.257 e. The van der Waals surface area contributed by atoms with E-state index in [9.17, 15) is 15.3 Å². The fraction of sp³-hybridized carbons (Fsp3) is 0.667. The van der Waals surface area contributed by atoms with Crippen molar-refractivity contribution in [3.63, 3.8) is 0 Å². The van der Waals surface area contributed by atoms with Crippen molar-refractivity contribution in [3.8, 4) is 12.1 Å². The first-order valence-corrected chi connectivity index (χ1v) is 11.2. The van der Waals surface area contributed by atoms with Crippen LogP contribution in [0, 0.1) is 28.1 Å². The van der Waals surface area contributed by atoms with Gasteiger partial charge in [-0.15, -0.1) is 11.8 Å². The average Bonchev–Trinajstić information content (AvgIpc) is 2.58. The van der Waals surface area contributed by atoms with Crippen LogP contribution in [0.4, 0.5) is 0 Å². The number of nitrogens with one attached hydrogen (secondary N) is 1. The van der Waals surface area contributed by atoms with E-state index in [-0.39, 0.29) is 10.7 Å². The zero-order valence-electron chi connectivity index (χ0n) is 12.4. The van der Waals surface area contributed by atoms with E-state index in [0.717, 1.165) is 30.3 Å². The monoisotopic (exact) mass is 523 g/mol. The number of amides is 1. The SMILES string of the molecule is N#CC1=C(SC[C@H](Br)CBr)NC(=O)[C@@](Br)(C#N)C12CCCCC2. The van der Waals surface area contributed by atoms with Gasteiger partial charge in [-0.25, -0.2) is 0 Å². The quantitative estimate of drug-likeness (QED) is 0.554. The Morgan fingerprint density at radius 3 is 2.48 bits per heavy atom. The summed E-state index contributed by atoms with van der Waals surface area (Å²) in [6.45, 7) is 0. The molecule has 0 aromatic rings. The molecule has 1 heterocycles. The number of hydrogen-bond donors (Lipinski definition) is 1. The number of halogens is 3. The van der Waals surface area contributed by atoms with E-state index in [0.29, 0.717) is 23.4 Å². The third-order valence-electron chi connectivity index (χ3n) is 4.45. The Morgan fingerprint density at radius 1 is 1.30 bits per heavy atom. The summed E-state index contributed by atoms with van der Waals surface area (Å²) in [5, 5.41) is 23.7. The van der Waals surface area contributed by atoms with Crippen molar-refractivity contribution in [1.29, 1.82) is 10.5 Å². The molecule has 1 amide bonds. The second-order valence-corrected chi connectivity index (χ2v) is 9.91. The van der Waals surface area contributed by atoms with Crippen LogP contribution in [0.5, 0.6) is 0 Å². The number of rotatable bonds is 4. The number of nitrogens with zero attached hydrogens (tertiary/aromatic N) is 2. The topological polar surface area (TPSA) is 76.7 Å². The molecule has 1 aliphatic carbocycles. The third kappa shape index (κ3) is 3.38. The number of carbonyl (C=O) groups excluding carboxylic acids is 1. The molecule has 4 nitrogen and oxygen atoms in total. The van der Waals surface area contributed by atoms with Crippen molar-refractivity contribution in [2.24, 2.45) is 5.41 Å². The molecular weight excluding hydrogens is 510 g/mol. The summed E-state index contributed by atoms with van der Waals surface area (Å²) >= 11 is 11.8. The van der Waals surface area contributed by atoms with Gasteiger partial charge in [0.2, 0.25) is 4.32 Å². The van der Waals surface area contributed by atoms with Crippen molar-refractivity contribution < 1.29 is 4.79 Å². The van der Waals surface area contributed by atoms with Gasteiger partial charge in [0.05, 0.1) is 22.7 Å². The minimum atomic E-state index is -1.36. The summed E-state index contributed by atoms with van der Waals surface area (Å²) in [5.74, 6) is 0.373. The second-order valence-electron chi connectivity index (χ2n) is 5.75. The Hall–Kier alpha value is -0.0200. The van der Waals surface area contributed by atoms with E-state index >= 15 is 0 Å². The van der Waals surface area contributed by atoms with Crippen LogP contribution in [0.3, 0.4) is 0 Å². The molecule has 1 spiro atoms. The van der Waals surface area contributed by atoms with Gasteiger partial charge in [0, 0.05) is 21.3 Å². The van der Waals surface area contributed by atoms with Crippen molar-refractivity contribution >= 4 is 65.5 Å². The van der Waals surface area contributed by atoms with Gasteiger partial charge in [-0.1, -0.05) is 67.1 Å². The molecule has 1 saturated carbocycles. The fourth-order valence-corrected chi connectivity index (χ4v) is 5.89. The van der Waals surface area contributed by atoms with Gasteiger partial charge < -0.3 is 5.32 Å². The molecule has 2 aliphatic rings. The van der Waals surface area contributed by atoms with Crippen LogP contribution in [0.1, 0.15) is 32.1 Å². The van der Waals surface area contributed by atoms with Crippen LogP contribution in [0.2, 0.25) is 0 Å². The lowest BCUT2D eigenvalue weighted by Gasteiger charge is -2.47. The van der Waals surface area contributed by atoms with E-state index in [4.69, 9.17) is 0 Å². The predicted octanol–water partition coefficient (Wildman–Crippen LogP) is 4.35. The maximum atomic E-state index is 12.6. The first-order chi connectivity index (χ1) is 10.9. The highest BCUT2D eigenvalue weighted by Gasteiger charge is 2.61. The van der Waals surface area contributed by atoms with Crippen LogP contribution >= 0.6 is 59.6 Å². The molecule has 1 fully saturated rings. The van der Waals surface area contributed by atoms with Crippen LogP contribution in [-0.2, 0) is 4.79 Å². The van der Waals surface area contributed by atoms with Crippen molar-refractivity contribution in [1.82, 2.24) is 5.32 Å². The molecule has 2 atom stereocenters. The zero-order valence-corrected chi connectivity index (χ0v) is 17.9. The molecule has 0 unspecified atom stereocenters. The zero-order chi connectivity index (χ0) is 17.1. The molecule has 0 saturated heterocycles. The average molecular weight is 526 g/mol. The molecule has 0 radical (unpaired) electrons. The van der Waals surface area contributed by atoms with Gasteiger partial charge in [-0.3, -0.25) is 4.79 Å². The van der Waals surface area contributed by atoms with E-state index in [1.54, 1.807) is 0 Å². The summed E-state index contributed by atoms with van der Waals surface area (Å²) in [7, 11) is 0. The maximum Gasteiger partial charge on any atom is 0.257 e. The molecule has 1 aliphatic heterocycles. The number of alkyl halides is 3. The number of thioether (sulfide) groups is 1. The molecule has 0 aromatic carbocycles. The van der Waals surface area contributed by atoms with Gasteiger partial charge in [0.25, 0.3) is 5.91 Å². The highest BCUT2D eigenvalue weighted by Crippen LogP contribution is 2.57. The van der Waals surface area contributed by atoms with Gasteiger partial charge in [-0.2, -0.15) is 10.5 Å². The lowest BCUT2D eigenvalue weighted by molar-refractivity contribution is -0.124. The van der Waals surface area contributed by atoms with E-state index in [2.05, 4.69) is 65.2 Å². The summed E-state index contributed by atoms with van der Waals surface area (Å²) in [6, 6.07) is 4.45. The summed E-state index contributed by atoms with van der Waals surface area (Å²) in [5.41, 5.74) is -0.176. The Balaban J connectivity index is 2.49. The minimum Gasteiger partial charge on any atom is -0.318 e. The van der Waals surface area contributed by atoms with Gasteiger partial charge in [0.1, 0.15) is 0 Å². The van der Waals surface area contributed by atoms with Gasteiger partial charge in [-0.05, 0) is 12.8 Å². The predicted molar refractivity (Wildman–Crippen MR) is 103 cm³/mol. The summed E-state index contributed by atoms with van der Waals surface area (Å²) < 4.78 is -1.36. The lowest BCUT2D eigenvalue weighted by Crippen LogP contribution is -2.58. The highest BCUT2D eigenvalue weighted by molar-refractivity contribution is 9.12. The normalized spacial score (nSPS) is 28.0. The van der Waals surface area contributed by atoms with Crippen molar-refractivity contribution in [3.05, 3.63) is 10.6 Å². The Morgan fingerprint density at radius 2 is 1.96 bits per heavy atom. The third-order valence-corrected chi connectivity index (χ3v) is 9.64. The first kappa shape index (κ1) is 19.3. The van der Waals surface area contributed by atoms with Crippen LogP contribution in [0.15, 0.2) is 10.6 Å². The Labute approximate surface area is 165 Å². The number of allylic oxidation sites excluding steroid dienone is 1. The molecule has 0 aromatic heterocycles. The molecule has 8 heteroatoms. The molecule has 0 bridgehead atoms. The van der Waals surface area contributed by atoms with Crippen LogP contribution < -0.4 is 5.32 Å². The lowest BCUT2D eigenvalue weighted by atomic mass is 9.61. The highest BCUT2D eigenvalue weighted by atomic mass is 79.9. The van der Waals surface area contributed by atoms with Crippen LogP contribution in [-0.4, -0.2) is 26.1 Å². The number of nitriles is 2. The first-order valence-electron chi connectivity index (χ1n) is 7.34. The molecule has 2 rings (SSSR count). The number of hydrogen-bond acceptors (Lipinski definition) is 4. The van der Waals surface area contributed by atoms with Crippen LogP contribution in [0.25, 0.3) is 0 Å². The standard InChI is InChI=1S/C15H16Br3N3OS/c16-6-10(17)8-23-12-11(7-19)14(4-2-1-3-5-14)15(18,9-20)13(22)21-12/h10H,1-6,8H2,(H,21,22)/t10-,15+/m1/s1. The number of carbonyl (C=O) groups is 1. The summed E-state index contributed by atoms with van der Waals surface area (Å²) in [6.07, 6.45) is 4.29. The van der Waals surface area contributed by atoms with Crippen molar-refractivity contribution in [2.75, 3.05) is 11.1 Å². The minimum absolute atomic E-state index is 0.241. The molecule has 1 N–H and O–H groups in total. The van der Waals surface area contributed by atoms with E-state index in [1.807, 2.05) is 0 Å². The second kappa shape index (κ2) is 7.91. The van der Waals surface area contributed by atoms with Gasteiger partial charge in [0.15, 0.2) is 0 Å². The van der Waals surface area contributed by atoms with E-state index < -0.39 is 9.74 Å². The van der Waals surface area contributed by atoms with Crippen molar-refractivity contribution in [2.45, 2.75) is 41.3 Å². The summed E-state index contributed by atoms with van der Waals surface area (Å²) in [4.78, 5) is 12.9. The maximum absolute atomic E-state index is 12.6. The Kier molecular flexibility index (Phi) is 6.64. The molecule has 23 heavy (non-hydrogen) atoms.